The van der Waals surface area contributed by atoms with Gasteiger partial charge in [-0.15, -0.1) is 0 Å². The van der Waals surface area contributed by atoms with Crippen molar-refractivity contribution >= 4 is 19.7 Å². The maximum Gasteiger partial charge on any atom is 0.238 e. The van der Waals surface area contributed by atoms with Crippen LogP contribution in [0.3, 0.4) is 0 Å². The van der Waals surface area contributed by atoms with Gasteiger partial charge in [0.15, 0.2) is 0 Å². The monoisotopic (exact) mass is 244 g/mol. The normalized spacial score (nSPS) is 18.8. The highest BCUT2D eigenvalue weighted by Gasteiger charge is 2.53. The molecule has 82 valence electrons. The zero-order valence-corrected chi connectivity index (χ0v) is 10.1. The van der Waals surface area contributed by atoms with E-state index in [0.717, 1.165) is 5.56 Å². The van der Waals surface area contributed by atoms with Gasteiger partial charge < -0.3 is 0 Å². The first-order chi connectivity index (χ1) is 6.93. The van der Waals surface area contributed by atoms with Gasteiger partial charge in [0.05, 0.1) is 4.75 Å². The van der Waals surface area contributed by atoms with Gasteiger partial charge in [-0.3, -0.25) is 0 Å². The standard InChI is InChI=1S/C11H13ClO2S/c1-9-2-4-10(5-3-9)8-11(6-7-11)15(12,13)14/h2-5H,6-8H2,1H3. The van der Waals surface area contributed by atoms with Crippen LogP contribution in [0.15, 0.2) is 24.3 Å². The maximum absolute atomic E-state index is 11.4. The van der Waals surface area contributed by atoms with Gasteiger partial charge in [0.2, 0.25) is 9.05 Å². The van der Waals surface area contributed by atoms with E-state index in [1.807, 2.05) is 31.2 Å². The summed E-state index contributed by atoms with van der Waals surface area (Å²) in [7, 11) is 2.01. The highest BCUT2D eigenvalue weighted by molar-refractivity contribution is 8.15. The molecule has 0 atom stereocenters. The van der Waals surface area contributed by atoms with Crippen LogP contribution in [-0.4, -0.2) is 13.2 Å². The van der Waals surface area contributed by atoms with Gasteiger partial charge >= 0.3 is 0 Å². The second kappa shape index (κ2) is 3.49. The van der Waals surface area contributed by atoms with E-state index in [1.165, 1.54) is 5.56 Å². The fourth-order valence-electron chi connectivity index (χ4n) is 1.72. The van der Waals surface area contributed by atoms with Crippen LogP contribution in [0.4, 0.5) is 0 Å². The summed E-state index contributed by atoms with van der Waals surface area (Å²) in [5.41, 5.74) is 2.22. The molecule has 0 aromatic heterocycles. The molecule has 2 rings (SSSR count). The van der Waals surface area contributed by atoms with E-state index < -0.39 is 13.8 Å². The Kier molecular flexibility index (Phi) is 2.55. The first-order valence-corrected chi connectivity index (χ1v) is 7.24. The minimum absolute atomic E-state index is 0.541. The molecule has 0 heterocycles. The highest BCUT2D eigenvalue weighted by atomic mass is 35.7. The second-order valence-electron chi connectivity index (χ2n) is 4.28. The van der Waals surface area contributed by atoms with Gasteiger partial charge in [-0.25, -0.2) is 8.42 Å². The molecule has 1 aromatic rings. The number of aryl methyl sites for hydroxylation is 1. The van der Waals surface area contributed by atoms with Crippen LogP contribution in [0.25, 0.3) is 0 Å². The Morgan fingerprint density at radius 1 is 1.27 bits per heavy atom. The molecule has 0 spiro atoms. The van der Waals surface area contributed by atoms with Gasteiger partial charge in [-0.1, -0.05) is 29.8 Å². The van der Waals surface area contributed by atoms with Gasteiger partial charge in [-0.2, -0.15) is 0 Å². The number of hydrogen-bond acceptors (Lipinski definition) is 2. The first kappa shape index (κ1) is 11.0. The number of hydrogen-bond donors (Lipinski definition) is 0. The molecule has 1 saturated carbocycles. The molecule has 0 saturated heterocycles. The van der Waals surface area contributed by atoms with Crippen molar-refractivity contribution < 1.29 is 8.42 Å². The van der Waals surface area contributed by atoms with Crippen LogP contribution in [0, 0.1) is 6.92 Å². The van der Waals surface area contributed by atoms with Crippen molar-refractivity contribution in [3.63, 3.8) is 0 Å². The average Bonchev–Trinajstić information content (AvgIpc) is 2.89. The highest BCUT2D eigenvalue weighted by Crippen LogP contribution is 2.48. The Balaban J connectivity index is 2.20. The van der Waals surface area contributed by atoms with Crippen molar-refractivity contribution in [1.29, 1.82) is 0 Å². The summed E-state index contributed by atoms with van der Waals surface area (Å²) in [5, 5.41) is 0. The van der Waals surface area contributed by atoms with Crippen molar-refractivity contribution in [2.24, 2.45) is 0 Å². The number of benzene rings is 1. The van der Waals surface area contributed by atoms with E-state index in [2.05, 4.69) is 0 Å². The summed E-state index contributed by atoms with van der Waals surface area (Å²) in [6.07, 6.45) is 1.92. The van der Waals surface area contributed by atoms with E-state index >= 15 is 0 Å². The smallest absolute Gasteiger partial charge is 0.212 e. The fourth-order valence-corrected chi connectivity index (χ4v) is 3.28. The van der Waals surface area contributed by atoms with E-state index in [9.17, 15) is 8.42 Å². The molecule has 0 amide bonds. The molecule has 2 nitrogen and oxygen atoms in total. The van der Waals surface area contributed by atoms with Crippen LogP contribution in [-0.2, 0) is 15.5 Å². The molecule has 1 aromatic carbocycles. The lowest BCUT2D eigenvalue weighted by Crippen LogP contribution is -2.20. The summed E-state index contributed by atoms with van der Waals surface area (Å²) in [4.78, 5) is 0. The molecule has 0 unspecified atom stereocenters. The van der Waals surface area contributed by atoms with Crippen molar-refractivity contribution in [2.45, 2.75) is 30.9 Å². The van der Waals surface area contributed by atoms with Crippen LogP contribution in [0.5, 0.6) is 0 Å². The maximum atomic E-state index is 11.4. The van der Waals surface area contributed by atoms with Crippen molar-refractivity contribution in [2.75, 3.05) is 0 Å². The third-order valence-corrected chi connectivity index (χ3v) is 5.54. The molecule has 0 N–H and O–H groups in total. The number of rotatable bonds is 3. The number of halogens is 1. The Labute approximate surface area is 94.7 Å². The second-order valence-corrected chi connectivity index (χ2v) is 7.24. The zero-order valence-electron chi connectivity index (χ0n) is 8.53. The molecule has 0 radical (unpaired) electrons. The van der Waals surface area contributed by atoms with Gasteiger partial charge in [0.25, 0.3) is 0 Å². The molecular formula is C11H13ClO2S. The van der Waals surface area contributed by atoms with Crippen molar-refractivity contribution in [3.05, 3.63) is 35.4 Å². The Morgan fingerprint density at radius 2 is 1.80 bits per heavy atom. The van der Waals surface area contributed by atoms with Gasteiger partial charge in [0.1, 0.15) is 0 Å². The minimum atomic E-state index is -3.43. The summed E-state index contributed by atoms with van der Waals surface area (Å²) < 4.78 is 22.0. The predicted molar refractivity (Wildman–Crippen MR) is 61.6 cm³/mol. The molecular weight excluding hydrogens is 232 g/mol. The van der Waals surface area contributed by atoms with Crippen molar-refractivity contribution in [3.8, 4) is 0 Å². The van der Waals surface area contributed by atoms with Crippen LogP contribution in [0.2, 0.25) is 0 Å². The Morgan fingerprint density at radius 3 is 2.20 bits per heavy atom. The summed E-state index contributed by atoms with van der Waals surface area (Å²) >= 11 is 0. The topological polar surface area (TPSA) is 34.1 Å². The van der Waals surface area contributed by atoms with Crippen LogP contribution >= 0.6 is 10.7 Å². The lowest BCUT2D eigenvalue weighted by molar-refractivity contribution is 0.590. The SMILES string of the molecule is Cc1ccc(CC2(S(=O)(=O)Cl)CC2)cc1. The molecule has 4 heteroatoms. The first-order valence-electron chi connectivity index (χ1n) is 4.93. The zero-order chi connectivity index (χ0) is 11.1. The van der Waals surface area contributed by atoms with Crippen LogP contribution in [0.1, 0.15) is 24.0 Å². The lowest BCUT2D eigenvalue weighted by Gasteiger charge is -2.11. The molecule has 1 aliphatic carbocycles. The van der Waals surface area contributed by atoms with Crippen LogP contribution < -0.4 is 0 Å². The van der Waals surface area contributed by atoms with E-state index in [-0.39, 0.29) is 0 Å². The molecule has 1 aliphatic rings. The molecule has 0 aliphatic heterocycles. The third-order valence-electron chi connectivity index (χ3n) is 2.97. The molecule has 1 fully saturated rings. The summed E-state index contributed by atoms with van der Waals surface area (Å²) in [6, 6.07) is 7.92. The Bertz CT molecular complexity index is 458. The van der Waals surface area contributed by atoms with Crippen molar-refractivity contribution in [1.82, 2.24) is 0 Å². The summed E-state index contributed by atoms with van der Waals surface area (Å²) in [6.45, 7) is 2.01. The molecule has 15 heavy (non-hydrogen) atoms. The van der Waals surface area contributed by atoms with E-state index in [0.29, 0.717) is 19.3 Å². The summed E-state index contributed by atoms with van der Waals surface area (Å²) in [5.74, 6) is 0. The molecule has 0 bridgehead atoms. The van der Waals surface area contributed by atoms with E-state index in [4.69, 9.17) is 10.7 Å². The van der Waals surface area contributed by atoms with Gasteiger partial charge in [0, 0.05) is 10.7 Å². The van der Waals surface area contributed by atoms with Gasteiger partial charge in [-0.05, 0) is 31.7 Å². The largest absolute Gasteiger partial charge is 0.238 e. The van der Waals surface area contributed by atoms with E-state index in [1.54, 1.807) is 0 Å². The third kappa shape index (κ3) is 2.18. The predicted octanol–water partition coefficient (Wildman–Crippen LogP) is 2.64. The lowest BCUT2D eigenvalue weighted by atomic mass is 10.1. The Hall–Kier alpha value is -0.540. The fraction of sp³-hybridized carbons (Fsp3) is 0.455. The minimum Gasteiger partial charge on any atom is -0.212 e. The average molecular weight is 245 g/mol. The quantitative estimate of drug-likeness (QED) is 0.766.